The molecule has 6 nitrogen and oxygen atoms in total. The minimum Gasteiger partial charge on any atom is -0.478 e. The lowest BCUT2D eigenvalue weighted by Gasteiger charge is -2.23. The van der Waals surface area contributed by atoms with Crippen LogP contribution < -0.4 is 0 Å². The first-order valence-electron chi connectivity index (χ1n) is 5.42. The van der Waals surface area contributed by atoms with Crippen LogP contribution in [-0.4, -0.2) is 53.7 Å². The Morgan fingerprint density at radius 3 is 2.61 bits per heavy atom. The number of aromatic nitrogens is 1. The molecule has 0 aromatic carbocycles. The number of methoxy groups -OCH3 is 1. The van der Waals surface area contributed by atoms with Gasteiger partial charge in [0.25, 0.3) is 5.91 Å². The number of carbonyl (C=O) groups excluding carboxylic acids is 1. The van der Waals surface area contributed by atoms with E-state index in [1.54, 1.807) is 14.2 Å². The van der Waals surface area contributed by atoms with Crippen LogP contribution in [0.25, 0.3) is 0 Å². The van der Waals surface area contributed by atoms with Crippen LogP contribution in [0.2, 0.25) is 0 Å². The van der Waals surface area contributed by atoms with Crippen molar-refractivity contribution in [2.24, 2.45) is 0 Å². The van der Waals surface area contributed by atoms with Crippen molar-refractivity contribution in [3.05, 3.63) is 29.6 Å². The first-order valence-corrected chi connectivity index (χ1v) is 5.42. The van der Waals surface area contributed by atoms with E-state index in [0.29, 0.717) is 6.61 Å². The normalized spacial score (nSPS) is 11.9. The van der Waals surface area contributed by atoms with Gasteiger partial charge in [-0.1, -0.05) is 0 Å². The Labute approximate surface area is 105 Å². The highest BCUT2D eigenvalue weighted by Gasteiger charge is 2.18. The van der Waals surface area contributed by atoms with E-state index >= 15 is 0 Å². The van der Waals surface area contributed by atoms with Crippen LogP contribution in [0.15, 0.2) is 18.3 Å². The molecule has 1 aromatic heterocycles. The SMILES string of the molecule is COCC(C)N(C)C(=O)c1ccc(C(=O)O)cn1. The largest absolute Gasteiger partial charge is 0.478 e. The van der Waals surface area contributed by atoms with E-state index in [-0.39, 0.29) is 23.2 Å². The van der Waals surface area contributed by atoms with Crippen molar-refractivity contribution in [3.8, 4) is 0 Å². The smallest absolute Gasteiger partial charge is 0.337 e. The molecular weight excluding hydrogens is 236 g/mol. The molecule has 0 aliphatic carbocycles. The Morgan fingerprint density at radius 1 is 1.50 bits per heavy atom. The minimum atomic E-state index is -1.07. The van der Waals surface area contributed by atoms with Crippen LogP contribution in [0.4, 0.5) is 0 Å². The molecular formula is C12H16N2O4. The average molecular weight is 252 g/mol. The van der Waals surface area contributed by atoms with E-state index in [9.17, 15) is 9.59 Å². The van der Waals surface area contributed by atoms with Gasteiger partial charge in [0.2, 0.25) is 0 Å². The first kappa shape index (κ1) is 14.1. The van der Waals surface area contributed by atoms with E-state index in [2.05, 4.69) is 4.98 Å². The highest BCUT2D eigenvalue weighted by atomic mass is 16.5. The summed E-state index contributed by atoms with van der Waals surface area (Å²) in [5.74, 6) is -1.33. The van der Waals surface area contributed by atoms with Gasteiger partial charge in [0.05, 0.1) is 18.2 Å². The number of carbonyl (C=O) groups is 2. The minimum absolute atomic E-state index is 0.0548. The zero-order valence-electron chi connectivity index (χ0n) is 10.6. The summed E-state index contributed by atoms with van der Waals surface area (Å²) in [6.07, 6.45) is 1.17. The van der Waals surface area contributed by atoms with E-state index in [1.807, 2.05) is 6.92 Å². The number of likely N-dealkylation sites (N-methyl/N-ethyl adjacent to an activating group) is 1. The summed E-state index contributed by atoms with van der Waals surface area (Å²) in [4.78, 5) is 28.0. The van der Waals surface area contributed by atoms with E-state index in [4.69, 9.17) is 9.84 Å². The van der Waals surface area contributed by atoms with Crippen molar-refractivity contribution >= 4 is 11.9 Å². The maximum Gasteiger partial charge on any atom is 0.337 e. The summed E-state index contributed by atoms with van der Waals surface area (Å²) >= 11 is 0. The molecule has 0 radical (unpaired) electrons. The maximum atomic E-state index is 12.0. The van der Waals surface area contributed by atoms with E-state index < -0.39 is 5.97 Å². The number of pyridine rings is 1. The monoisotopic (exact) mass is 252 g/mol. The molecule has 1 rings (SSSR count). The lowest BCUT2D eigenvalue weighted by Crippen LogP contribution is -2.38. The molecule has 0 spiro atoms. The van der Waals surface area contributed by atoms with Crippen LogP contribution in [0.5, 0.6) is 0 Å². The number of nitrogens with zero attached hydrogens (tertiary/aromatic N) is 2. The van der Waals surface area contributed by atoms with Crippen LogP contribution in [-0.2, 0) is 4.74 Å². The highest BCUT2D eigenvalue weighted by Crippen LogP contribution is 2.06. The number of aromatic carboxylic acids is 1. The molecule has 1 N–H and O–H groups in total. The number of ether oxygens (including phenoxy) is 1. The molecule has 0 fully saturated rings. The summed E-state index contributed by atoms with van der Waals surface area (Å²) in [5, 5.41) is 8.73. The fourth-order valence-electron chi connectivity index (χ4n) is 1.38. The fraction of sp³-hybridized carbons (Fsp3) is 0.417. The Hall–Kier alpha value is -1.95. The van der Waals surface area contributed by atoms with Gasteiger partial charge in [0, 0.05) is 20.4 Å². The van der Waals surface area contributed by atoms with Crippen molar-refractivity contribution in [2.75, 3.05) is 20.8 Å². The van der Waals surface area contributed by atoms with Gasteiger partial charge in [-0.2, -0.15) is 0 Å². The summed E-state index contributed by atoms with van der Waals surface area (Å²) in [6.45, 7) is 2.28. The average Bonchev–Trinajstić information content (AvgIpc) is 2.37. The van der Waals surface area contributed by atoms with Crippen molar-refractivity contribution < 1.29 is 19.4 Å². The quantitative estimate of drug-likeness (QED) is 0.841. The third-order valence-corrected chi connectivity index (χ3v) is 2.62. The number of rotatable bonds is 5. The molecule has 6 heteroatoms. The molecule has 0 saturated heterocycles. The molecule has 1 unspecified atom stereocenters. The van der Waals surface area contributed by atoms with Crippen LogP contribution in [0.3, 0.4) is 0 Å². The van der Waals surface area contributed by atoms with Gasteiger partial charge in [0.15, 0.2) is 0 Å². The molecule has 1 amide bonds. The van der Waals surface area contributed by atoms with Gasteiger partial charge < -0.3 is 14.7 Å². The number of hydrogen-bond acceptors (Lipinski definition) is 4. The lowest BCUT2D eigenvalue weighted by atomic mass is 10.2. The molecule has 1 heterocycles. The molecule has 98 valence electrons. The molecule has 0 bridgehead atoms. The zero-order valence-corrected chi connectivity index (χ0v) is 10.6. The summed E-state index contributed by atoms with van der Waals surface area (Å²) in [7, 11) is 3.22. The van der Waals surface area contributed by atoms with Gasteiger partial charge in [-0.3, -0.25) is 9.78 Å². The highest BCUT2D eigenvalue weighted by molar-refractivity contribution is 5.93. The third-order valence-electron chi connectivity index (χ3n) is 2.62. The van der Waals surface area contributed by atoms with E-state index in [0.717, 1.165) is 0 Å². The Morgan fingerprint density at radius 2 is 2.17 bits per heavy atom. The van der Waals surface area contributed by atoms with Crippen LogP contribution in [0.1, 0.15) is 27.8 Å². The molecule has 1 aromatic rings. The van der Waals surface area contributed by atoms with Crippen molar-refractivity contribution in [2.45, 2.75) is 13.0 Å². The topological polar surface area (TPSA) is 79.7 Å². The molecule has 0 saturated carbocycles. The number of amides is 1. The number of hydrogen-bond donors (Lipinski definition) is 1. The molecule has 1 atom stereocenters. The molecule has 0 aliphatic heterocycles. The van der Waals surface area contributed by atoms with Crippen molar-refractivity contribution in [3.63, 3.8) is 0 Å². The lowest BCUT2D eigenvalue weighted by molar-refractivity contribution is 0.0625. The second-order valence-corrected chi connectivity index (χ2v) is 3.96. The predicted octanol–water partition coefficient (Wildman–Crippen LogP) is 0.887. The fourth-order valence-corrected chi connectivity index (χ4v) is 1.38. The van der Waals surface area contributed by atoms with Crippen molar-refractivity contribution in [1.29, 1.82) is 0 Å². The third kappa shape index (κ3) is 3.27. The Bertz CT molecular complexity index is 430. The van der Waals surface area contributed by atoms with Crippen LogP contribution >= 0.6 is 0 Å². The van der Waals surface area contributed by atoms with Gasteiger partial charge in [0.1, 0.15) is 5.69 Å². The van der Waals surface area contributed by atoms with Crippen LogP contribution in [0, 0.1) is 0 Å². The van der Waals surface area contributed by atoms with Crippen molar-refractivity contribution in [1.82, 2.24) is 9.88 Å². The summed E-state index contributed by atoms with van der Waals surface area (Å²) in [6, 6.07) is 2.68. The first-order chi connectivity index (χ1) is 8.47. The standard InChI is InChI=1S/C12H16N2O4/c1-8(7-18-3)14(2)11(15)10-5-4-9(6-13-10)12(16)17/h4-6,8H,7H2,1-3H3,(H,16,17). The number of carboxylic acid groups (broad SMARTS) is 1. The number of carboxylic acids is 1. The molecule has 18 heavy (non-hydrogen) atoms. The predicted molar refractivity (Wildman–Crippen MR) is 64.6 cm³/mol. The Kier molecular flexibility index (Phi) is 4.79. The van der Waals surface area contributed by atoms with Gasteiger partial charge in [-0.05, 0) is 19.1 Å². The Balaban J connectivity index is 2.80. The summed E-state index contributed by atoms with van der Waals surface area (Å²) in [5.41, 5.74) is 0.268. The second-order valence-electron chi connectivity index (χ2n) is 3.96. The van der Waals surface area contributed by atoms with E-state index in [1.165, 1.54) is 23.2 Å². The summed E-state index contributed by atoms with van der Waals surface area (Å²) < 4.78 is 4.97. The van der Waals surface area contributed by atoms with Gasteiger partial charge in [-0.25, -0.2) is 4.79 Å². The molecule has 0 aliphatic rings. The van der Waals surface area contributed by atoms with Gasteiger partial charge in [-0.15, -0.1) is 0 Å². The second kappa shape index (κ2) is 6.11. The maximum absolute atomic E-state index is 12.0. The van der Waals surface area contributed by atoms with Gasteiger partial charge >= 0.3 is 5.97 Å². The zero-order chi connectivity index (χ0) is 13.7.